The van der Waals surface area contributed by atoms with Crippen LogP contribution in [0.5, 0.6) is 11.5 Å². The van der Waals surface area contributed by atoms with E-state index in [-0.39, 0.29) is 62.0 Å². The van der Waals surface area contributed by atoms with Gasteiger partial charge in [0.25, 0.3) is 5.69 Å². The summed E-state index contributed by atoms with van der Waals surface area (Å²) in [5.74, 6) is -2.42. The molecule has 3 aliphatic rings. The normalized spacial score (nSPS) is 24.5. The lowest BCUT2D eigenvalue weighted by molar-refractivity contribution is -0.384. The van der Waals surface area contributed by atoms with Crippen LogP contribution in [-0.2, 0) is 16.2 Å². The van der Waals surface area contributed by atoms with Crippen molar-refractivity contribution in [1.29, 1.82) is 0 Å². The fourth-order valence-electron chi connectivity index (χ4n) is 8.35. The third kappa shape index (κ3) is 8.19. The minimum atomic E-state index is -1.53. The number of carboxylic acid groups (broad SMARTS) is 1. The highest BCUT2D eigenvalue weighted by Crippen LogP contribution is 2.63. The van der Waals surface area contributed by atoms with E-state index in [4.69, 9.17) is 24.2 Å². The predicted molar refractivity (Wildman–Crippen MR) is 201 cm³/mol. The number of rotatable bonds is 20. The highest BCUT2D eigenvalue weighted by atomic mass is 16.7. The summed E-state index contributed by atoms with van der Waals surface area (Å²) in [4.78, 5) is 29.3. The molecule has 6 atom stereocenters. The number of carboxylic acids is 1. The number of fused-ring (bicyclic) bond motifs is 2. The number of nitrogens with zero attached hydrogens (tertiary/aromatic N) is 5. The van der Waals surface area contributed by atoms with E-state index in [1.807, 2.05) is 18.2 Å². The second kappa shape index (κ2) is 17.8. The van der Waals surface area contributed by atoms with Crippen LogP contribution in [0.3, 0.4) is 0 Å². The van der Waals surface area contributed by atoms with E-state index < -0.39 is 28.6 Å². The van der Waals surface area contributed by atoms with Gasteiger partial charge in [0.2, 0.25) is 5.79 Å². The van der Waals surface area contributed by atoms with Crippen LogP contribution >= 0.6 is 0 Å². The Balaban J connectivity index is 1.56. The molecule has 1 saturated carbocycles. The number of aromatic carboxylic acids is 1. The molecule has 2 heterocycles. The van der Waals surface area contributed by atoms with Gasteiger partial charge >= 0.3 is 5.97 Å². The van der Waals surface area contributed by atoms with Crippen LogP contribution in [0.1, 0.15) is 78.5 Å². The molecule has 292 valence electrons. The molecule has 3 N–H and O–H groups in total. The van der Waals surface area contributed by atoms with Gasteiger partial charge in [-0.15, -0.1) is 11.7 Å². The lowest BCUT2D eigenvalue weighted by Crippen LogP contribution is -2.63. The summed E-state index contributed by atoms with van der Waals surface area (Å²) in [6.07, 6.45) is 11.1. The summed E-state index contributed by atoms with van der Waals surface area (Å²) in [5, 5.41) is 54.0. The predicted octanol–water partition coefficient (Wildman–Crippen LogP) is 6.16. The first-order valence-corrected chi connectivity index (χ1v) is 18.6. The van der Waals surface area contributed by atoms with E-state index in [0.717, 1.165) is 36.8 Å². The number of carbonyl (C=O) groups is 1. The quantitative estimate of drug-likeness (QED) is 0.0514. The summed E-state index contributed by atoms with van der Waals surface area (Å²) in [6.45, 7) is 8.21. The highest BCUT2D eigenvalue weighted by Gasteiger charge is 2.65. The van der Waals surface area contributed by atoms with Crippen molar-refractivity contribution >= 4 is 17.4 Å². The van der Waals surface area contributed by atoms with Crippen LogP contribution in [0.25, 0.3) is 0 Å². The topological polar surface area (TPSA) is 201 Å². The summed E-state index contributed by atoms with van der Waals surface area (Å²) in [6, 6.07) is 10.8. The third-order valence-corrected chi connectivity index (χ3v) is 10.7. The Bertz CT molecular complexity index is 1910. The van der Waals surface area contributed by atoms with Gasteiger partial charge in [0.05, 0.1) is 29.4 Å². The molecule has 1 aromatic heterocycles. The van der Waals surface area contributed by atoms with Crippen molar-refractivity contribution in [3.05, 3.63) is 113 Å². The average Bonchev–Trinajstić information content (AvgIpc) is 3.68. The molecule has 1 fully saturated rings. The van der Waals surface area contributed by atoms with Crippen molar-refractivity contribution in [1.82, 2.24) is 15.0 Å². The first-order valence-electron chi connectivity index (χ1n) is 18.6. The molecule has 0 radical (unpaired) electrons. The van der Waals surface area contributed by atoms with Crippen LogP contribution in [0, 0.1) is 27.9 Å². The zero-order valence-corrected chi connectivity index (χ0v) is 30.6. The van der Waals surface area contributed by atoms with Gasteiger partial charge in [-0.05, 0) is 79.0 Å². The van der Waals surface area contributed by atoms with E-state index in [1.165, 1.54) is 23.0 Å². The van der Waals surface area contributed by atoms with E-state index in [0.29, 0.717) is 42.2 Å². The van der Waals surface area contributed by atoms with Crippen molar-refractivity contribution in [3.8, 4) is 11.5 Å². The van der Waals surface area contributed by atoms with Gasteiger partial charge in [-0.2, -0.15) is 0 Å². The molecule has 15 nitrogen and oxygen atoms in total. The van der Waals surface area contributed by atoms with Crippen LogP contribution in [0.4, 0.5) is 5.69 Å². The summed E-state index contributed by atoms with van der Waals surface area (Å²) < 4.78 is 21.2. The van der Waals surface area contributed by atoms with E-state index in [2.05, 4.69) is 29.5 Å². The van der Waals surface area contributed by atoms with Crippen LogP contribution in [-0.4, -0.2) is 79.1 Å². The Morgan fingerprint density at radius 3 is 2.51 bits per heavy atom. The molecular formula is C40H47N5O10. The number of aliphatic hydroxyl groups is 2. The molecule has 15 heteroatoms. The number of hydrogen-bond donors (Lipinski definition) is 3. The Labute approximate surface area is 318 Å². The molecular weight excluding hydrogens is 710 g/mol. The smallest absolute Gasteiger partial charge is 0.355 e. The molecule has 0 bridgehead atoms. The molecule has 2 aliphatic carbocycles. The van der Waals surface area contributed by atoms with E-state index in [9.17, 15) is 30.2 Å². The fourth-order valence-corrected chi connectivity index (χ4v) is 8.35. The number of nitro benzene ring substituents is 1. The number of benzene rings is 2. The summed E-state index contributed by atoms with van der Waals surface area (Å²) in [5.41, 5.74) is 2.71. The maximum Gasteiger partial charge on any atom is 0.355 e. The molecule has 1 aliphatic heterocycles. The van der Waals surface area contributed by atoms with Crippen molar-refractivity contribution in [2.45, 2.75) is 69.3 Å². The first-order chi connectivity index (χ1) is 26.8. The number of unbranched alkanes of at least 4 members (excludes halogenated alkanes) is 2. The van der Waals surface area contributed by atoms with Crippen molar-refractivity contribution in [3.63, 3.8) is 0 Å². The zero-order chi connectivity index (χ0) is 39.0. The molecule has 6 rings (SSSR count). The lowest BCUT2D eigenvalue weighted by Gasteiger charge is -2.58. The monoisotopic (exact) mass is 757 g/mol. The van der Waals surface area contributed by atoms with E-state index in [1.54, 1.807) is 24.3 Å². The van der Waals surface area contributed by atoms with Crippen LogP contribution < -0.4 is 9.47 Å². The summed E-state index contributed by atoms with van der Waals surface area (Å²) >= 11 is 0. The Morgan fingerprint density at radius 1 is 1.07 bits per heavy atom. The van der Waals surface area contributed by atoms with Gasteiger partial charge in [0, 0.05) is 43.2 Å². The number of oxime groups is 1. The van der Waals surface area contributed by atoms with Crippen LogP contribution in [0.2, 0.25) is 0 Å². The number of hydrogen-bond acceptors (Lipinski definition) is 12. The minimum Gasteiger partial charge on any atom is -0.490 e. The largest absolute Gasteiger partial charge is 0.490 e. The molecule has 3 aromatic rings. The van der Waals surface area contributed by atoms with Gasteiger partial charge in [0.1, 0.15) is 30.8 Å². The van der Waals surface area contributed by atoms with Crippen molar-refractivity contribution in [2.24, 2.45) is 22.9 Å². The number of aliphatic hydroxyl groups excluding tert-OH is 2. The van der Waals surface area contributed by atoms with Crippen molar-refractivity contribution < 1.29 is 44.1 Å². The third-order valence-electron chi connectivity index (χ3n) is 10.7. The fraction of sp³-hybridized carbons (Fsp3) is 0.450. The maximum absolute atomic E-state index is 12.6. The maximum atomic E-state index is 12.6. The number of aromatic nitrogens is 3. The minimum absolute atomic E-state index is 0.00118. The molecule has 0 saturated heterocycles. The van der Waals surface area contributed by atoms with Gasteiger partial charge in [-0.1, -0.05) is 48.0 Å². The number of allylic oxidation sites excluding steroid dienone is 1. The molecule has 0 spiro atoms. The first kappa shape index (κ1) is 39.3. The molecule has 0 amide bonds. The molecule has 2 aromatic carbocycles. The lowest BCUT2D eigenvalue weighted by atomic mass is 9.55. The Morgan fingerprint density at radius 2 is 1.82 bits per heavy atom. The number of nitro groups is 1. The highest BCUT2D eigenvalue weighted by molar-refractivity contribution is 6.02. The van der Waals surface area contributed by atoms with Crippen LogP contribution in [0.15, 0.2) is 90.8 Å². The van der Waals surface area contributed by atoms with Crippen molar-refractivity contribution in [2.75, 3.05) is 26.4 Å². The molecule has 55 heavy (non-hydrogen) atoms. The van der Waals surface area contributed by atoms with E-state index >= 15 is 0 Å². The van der Waals surface area contributed by atoms with Gasteiger partial charge < -0.3 is 34.4 Å². The second-order valence-electron chi connectivity index (χ2n) is 13.9. The molecule has 6 unspecified atom stereocenters. The number of non-ortho nitro benzene ring substituents is 1. The zero-order valence-electron chi connectivity index (χ0n) is 30.6. The second-order valence-corrected chi connectivity index (χ2v) is 13.9. The Hall–Kier alpha value is -5.38. The number of ether oxygens (including phenoxy) is 3. The average molecular weight is 758 g/mol. The Kier molecular flexibility index (Phi) is 12.8. The van der Waals surface area contributed by atoms with Gasteiger partial charge in [0.15, 0.2) is 5.69 Å². The SMILES string of the molecule is C=CCOc1ccc2c(c1)C1C(CCCCO)C(CCCCO)C=C3C(=NOCc4ccc([N+](=O)[O-])cc4)CC(n4nncc4C(=O)O)C(OCC=C)(O2)C31. The van der Waals surface area contributed by atoms with Gasteiger partial charge in [-0.25, -0.2) is 9.48 Å². The summed E-state index contributed by atoms with van der Waals surface area (Å²) in [7, 11) is 0. The van der Waals surface area contributed by atoms with Gasteiger partial charge in [-0.3, -0.25) is 10.1 Å². The standard InChI is InChI=1S/C40H47N5O10/c1-3-19-52-29-15-16-35-32(22-29)37-30(10-6-8-18-47)27(9-5-7-17-46)21-31-33(42-54-25-26-11-13-28(14-12-26)45(50)51)23-36(44-34(39(48)49)24-41-43-44)40(55-35,38(31)37)53-20-4-2/h3-4,11-16,21-22,24,27,30,36-38,46-47H,1-2,5-10,17-20,23,25H2,(H,48,49).